The number of rotatable bonds is 9. The smallest absolute Gasteiger partial charge is 0.261 e. The fraction of sp³-hybridized carbons (Fsp3) is 0.364. The topological polar surface area (TPSA) is 58.6 Å². The number of para-hydroxylation sites is 1. The molecule has 0 fully saturated rings. The highest BCUT2D eigenvalue weighted by molar-refractivity contribution is 5.87. The molecule has 0 aliphatic heterocycles. The van der Waals surface area contributed by atoms with Crippen LogP contribution >= 0.6 is 0 Å². The molecule has 2 aromatic rings. The Labute approximate surface area is 165 Å². The molecule has 0 saturated carbocycles. The van der Waals surface area contributed by atoms with Crippen molar-refractivity contribution >= 4 is 11.8 Å². The number of ether oxygens (including phenoxy) is 1. The second-order valence-electron chi connectivity index (χ2n) is 7.06. The van der Waals surface area contributed by atoms with Crippen LogP contribution in [0.2, 0.25) is 0 Å². The highest BCUT2D eigenvalue weighted by Gasteiger charge is 2.26. The summed E-state index contributed by atoms with van der Waals surface area (Å²) in [6, 6.07) is 14.2. The van der Waals surface area contributed by atoms with E-state index in [1.165, 1.54) is 17.0 Å². The van der Waals surface area contributed by atoms with Crippen LogP contribution in [0.15, 0.2) is 54.6 Å². The second kappa shape index (κ2) is 10.4. The number of nitrogens with zero attached hydrogens (tertiary/aromatic N) is 1. The summed E-state index contributed by atoms with van der Waals surface area (Å²) >= 11 is 0. The molecule has 0 saturated heterocycles. The number of halogens is 1. The molecule has 0 spiro atoms. The van der Waals surface area contributed by atoms with Gasteiger partial charge in [-0.2, -0.15) is 0 Å². The molecule has 0 aliphatic rings. The van der Waals surface area contributed by atoms with E-state index in [1.54, 1.807) is 31.2 Å². The largest absolute Gasteiger partial charge is 0.484 e. The zero-order chi connectivity index (χ0) is 20.5. The first kappa shape index (κ1) is 21.4. The van der Waals surface area contributed by atoms with Gasteiger partial charge in [-0.1, -0.05) is 44.2 Å². The van der Waals surface area contributed by atoms with Gasteiger partial charge in [-0.05, 0) is 42.7 Å². The lowest BCUT2D eigenvalue weighted by molar-refractivity contribution is -0.142. The van der Waals surface area contributed by atoms with E-state index in [0.717, 1.165) is 5.56 Å². The van der Waals surface area contributed by atoms with Crippen molar-refractivity contribution in [2.45, 2.75) is 33.4 Å². The lowest BCUT2D eigenvalue weighted by atomic mass is 10.1. The first-order valence-electron chi connectivity index (χ1n) is 9.36. The van der Waals surface area contributed by atoms with Crippen molar-refractivity contribution in [3.63, 3.8) is 0 Å². The summed E-state index contributed by atoms with van der Waals surface area (Å²) in [5.74, 6) is -0.0191. The molecule has 0 radical (unpaired) electrons. The Hall–Kier alpha value is -2.89. The van der Waals surface area contributed by atoms with Crippen LogP contribution in [0, 0.1) is 11.7 Å². The molecule has 150 valence electrons. The number of hydrogen-bond acceptors (Lipinski definition) is 3. The summed E-state index contributed by atoms with van der Waals surface area (Å²) in [6.07, 6.45) is 0. The van der Waals surface area contributed by atoms with Gasteiger partial charge in [-0.3, -0.25) is 9.59 Å². The SMILES string of the molecule is CC(C)CNC(=O)C(C)N(Cc1ccc(F)cc1)C(=O)COc1ccccc1. The molecular formula is C22H27FN2O3. The first-order valence-corrected chi connectivity index (χ1v) is 9.36. The Bertz CT molecular complexity index is 763. The minimum Gasteiger partial charge on any atom is -0.484 e. The average Bonchev–Trinajstić information content (AvgIpc) is 2.70. The van der Waals surface area contributed by atoms with Gasteiger partial charge >= 0.3 is 0 Å². The normalized spacial score (nSPS) is 11.8. The van der Waals surface area contributed by atoms with Crippen LogP contribution in [-0.4, -0.2) is 35.9 Å². The summed E-state index contributed by atoms with van der Waals surface area (Å²) in [5, 5.41) is 2.85. The second-order valence-corrected chi connectivity index (χ2v) is 7.06. The van der Waals surface area contributed by atoms with Crippen molar-refractivity contribution in [2.24, 2.45) is 5.92 Å². The monoisotopic (exact) mass is 386 g/mol. The minimum atomic E-state index is -0.685. The van der Waals surface area contributed by atoms with Crippen LogP contribution in [0.1, 0.15) is 26.3 Å². The predicted molar refractivity (Wildman–Crippen MR) is 106 cm³/mol. The molecule has 2 aromatic carbocycles. The Morgan fingerprint density at radius 1 is 1.04 bits per heavy atom. The summed E-state index contributed by atoms with van der Waals surface area (Å²) in [5.41, 5.74) is 0.734. The maximum Gasteiger partial charge on any atom is 0.261 e. The van der Waals surface area contributed by atoms with Gasteiger partial charge in [0.1, 0.15) is 17.6 Å². The molecule has 1 atom stereocenters. The van der Waals surface area contributed by atoms with E-state index < -0.39 is 6.04 Å². The Morgan fingerprint density at radius 3 is 2.29 bits per heavy atom. The van der Waals surface area contributed by atoms with E-state index in [0.29, 0.717) is 18.2 Å². The van der Waals surface area contributed by atoms with E-state index in [1.807, 2.05) is 32.0 Å². The van der Waals surface area contributed by atoms with Crippen LogP contribution in [0.5, 0.6) is 5.75 Å². The molecular weight excluding hydrogens is 359 g/mol. The van der Waals surface area contributed by atoms with Gasteiger partial charge in [-0.25, -0.2) is 4.39 Å². The molecule has 2 amide bonds. The van der Waals surface area contributed by atoms with Gasteiger partial charge in [-0.15, -0.1) is 0 Å². The van der Waals surface area contributed by atoms with Crippen LogP contribution in [0.3, 0.4) is 0 Å². The maximum atomic E-state index is 13.2. The van der Waals surface area contributed by atoms with Gasteiger partial charge in [0.15, 0.2) is 6.61 Å². The van der Waals surface area contributed by atoms with Gasteiger partial charge in [0.2, 0.25) is 5.91 Å². The Balaban J connectivity index is 2.10. The number of carbonyl (C=O) groups excluding carboxylic acids is 2. The maximum absolute atomic E-state index is 13.2. The van der Waals surface area contributed by atoms with Crippen molar-refractivity contribution in [3.8, 4) is 5.75 Å². The number of amides is 2. The van der Waals surface area contributed by atoms with Crippen LogP contribution in [-0.2, 0) is 16.1 Å². The quantitative estimate of drug-likeness (QED) is 0.719. The van der Waals surface area contributed by atoms with E-state index >= 15 is 0 Å². The van der Waals surface area contributed by atoms with E-state index in [9.17, 15) is 14.0 Å². The summed E-state index contributed by atoms with van der Waals surface area (Å²) < 4.78 is 18.7. The number of benzene rings is 2. The third-order valence-electron chi connectivity index (χ3n) is 4.22. The third-order valence-corrected chi connectivity index (χ3v) is 4.22. The molecule has 0 bridgehead atoms. The van der Waals surface area contributed by atoms with E-state index in [2.05, 4.69) is 5.32 Å². The molecule has 1 N–H and O–H groups in total. The molecule has 0 aliphatic carbocycles. The molecule has 0 aromatic heterocycles. The standard InChI is InChI=1S/C22H27FN2O3/c1-16(2)13-24-22(27)17(3)25(14-18-9-11-19(23)12-10-18)21(26)15-28-20-7-5-4-6-8-20/h4-12,16-17H,13-15H2,1-3H3,(H,24,27). The highest BCUT2D eigenvalue weighted by Crippen LogP contribution is 2.13. The van der Waals surface area contributed by atoms with Crippen molar-refractivity contribution in [1.29, 1.82) is 0 Å². The zero-order valence-electron chi connectivity index (χ0n) is 16.5. The van der Waals surface area contributed by atoms with Crippen LogP contribution < -0.4 is 10.1 Å². The average molecular weight is 386 g/mol. The van der Waals surface area contributed by atoms with Gasteiger partial charge in [0.05, 0.1) is 0 Å². The van der Waals surface area contributed by atoms with E-state index in [-0.39, 0.29) is 30.8 Å². The van der Waals surface area contributed by atoms with E-state index in [4.69, 9.17) is 4.74 Å². The fourth-order valence-corrected chi connectivity index (χ4v) is 2.57. The van der Waals surface area contributed by atoms with Gasteiger partial charge < -0.3 is 15.0 Å². The fourth-order valence-electron chi connectivity index (χ4n) is 2.57. The van der Waals surface area contributed by atoms with Crippen molar-refractivity contribution in [3.05, 3.63) is 66.0 Å². The highest BCUT2D eigenvalue weighted by atomic mass is 19.1. The molecule has 6 heteroatoms. The Kier molecular flexibility index (Phi) is 7.99. The molecule has 1 unspecified atom stereocenters. The molecule has 28 heavy (non-hydrogen) atoms. The lowest BCUT2D eigenvalue weighted by Gasteiger charge is -2.29. The predicted octanol–water partition coefficient (Wildman–Crippen LogP) is 3.39. The summed E-state index contributed by atoms with van der Waals surface area (Å²) in [6.45, 7) is 6.21. The third kappa shape index (κ3) is 6.68. The van der Waals surface area contributed by atoms with Gasteiger partial charge in [0.25, 0.3) is 5.91 Å². The zero-order valence-corrected chi connectivity index (χ0v) is 16.5. The number of nitrogens with one attached hydrogen (secondary N) is 1. The molecule has 2 rings (SSSR count). The Morgan fingerprint density at radius 2 is 1.68 bits per heavy atom. The van der Waals surface area contributed by atoms with Crippen LogP contribution in [0.25, 0.3) is 0 Å². The number of hydrogen-bond donors (Lipinski definition) is 1. The lowest BCUT2D eigenvalue weighted by Crippen LogP contribution is -2.49. The number of carbonyl (C=O) groups is 2. The summed E-state index contributed by atoms with van der Waals surface area (Å²) in [7, 11) is 0. The van der Waals surface area contributed by atoms with Crippen molar-refractivity contribution < 1.29 is 18.7 Å². The minimum absolute atomic E-state index is 0.187. The van der Waals surface area contributed by atoms with Crippen molar-refractivity contribution in [2.75, 3.05) is 13.2 Å². The first-order chi connectivity index (χ1) is 13.4. The van der Waals surface area contributed by atoms with Gasteiger partial charge in [0, 0.05) is 13.1 Å². The molecule has 5 nitrogen and oxygen atoms in total. The molecule has 0 heterocycles. The van der Waals surface area contributed by atoms with Crippen LogP contribution in [0.4, 0.5) is 4.39 Å². The summed E-state index contributed by atoms with van der Waals surface area (Å²) in [4.78, 5) is 26.8. The van der Waals surface area contributed by atoms with Crippen molar-refractivity contribution in [1.82, 2.24) is 10.2 Å².